The smallest absolute Gasteiger partial charge is 0.238 e. The van der Waals surface area contributed by atoms with Crippen LogP contribution in [0.3, 0.4) is 0 Å². The summed E-state index contributed by atoms with van der Waals surface area (Å²) in [4.78, 5) is 13.6. The normalized spacial score (nSPS) is 12.5. The second-order valence-corrected chi connectivity index (χ2v) is 5.27. The zero-order valence-corrected chi connectivity index (χ0v) is 12.9. The molecule has 1 atom stereocenters. The number of anilines is 1. The number of hydrogen-bond acceptors (Lipinski definition) is 4. The van der Waals surface area contributed by atoms with E-state index in [4.69, 9.17) is 27.9 Å². The maximum absolute atomic E-state index is 11.9. The lowest BCUT2D eigenvalue weighted by atomic mass is 10.3. The molecule has 20 heavy (non-hydrogen) atoms. The van der Waals surface area contributed by atoms with Gasteiger partial charge in [0, 0.05) is 13.7 Å². The average molecular weight is 321 g/mol. The van der Waals surface area contributed by atoms with Gasteiger partial charge >= 0.3 is 0 Å². The fourth-order valence-corrected chi connectivity index (χ4v) is 2.20. The van der Waals surface area contributed by atoms with Crippen LogP contribution in [-0.4, -0.2) is 55.9 Å². The maximum Gasteiger partial charge on any atom is 0.238 e. The molecule has 5 nitrogen and oxygen atoms in total. The molecule has 0 aliphatic heterocycles. The van der Waals surface area contributed by atoms with E-state index in [1.165, 1.54) is 7.11 Å². The van der Waals surface area contributed by atoms with Crippen LogP contribution in [0.4, 0.5) is 5.69 Å². The number of para-hydroxylation sites is 1. The lowest BCUT2D eigenvalue weighted by Gasteiger charge is -2.20. The van der Waals surface area contributed by atoms with Crippen LogP contribution in [0.15, 0.2) is 18.2 Å². The van der Waals surface area contributed by atoms with Crippen molar-refractivity contribution in [3.8, 4) is 0 Å². The van der Waals surface area contributed by atoms with E-state index in [2.05, 4.69) is 5.32 Å². The molecule has 1 unspecified atom stereocenters. The molecule has 1 aromatic rings. The molecule has 0 aliphatic rings. The molecule has 0 aromatic heterocycles. The number of carbonyl (C=O) groups is 1. The summed E-state index contributed by atoms with van der Waals surface area (Å²) in [5.74, 6) is -0.257. The first-order chi connectivity index (χ1) is 9.43. The van der Waals surface area contributed by atoms with Crippen LogP contribution in [0.25, 0.3) is 0 Å². The lowest BCUT2D eigenvalue weighted by molar-refractivity contribution is -0.117. The number of nitrogens with one attached hydrogen (secondary N) is 1. The standard InChI is InChI=1S/C13H18Cl2N2O3/c1-17(6-9(18)8-20-2)7-12(19)16-13-10(14)4-3-5-11(13)15/h3-5,9,18H,6-8H2,1-2H3,(H,16,19). The summed E-state index contributed by atoms with van der Waals surface area (Å²) in [6.07, 6.45) is -0.637. The van der Waals surface area contributed by atoms with E-state index in [1.807, 2.05) is 0 Å². The molecule has 1 aromatic carbocycles. The number of aliphatic hydroxyl groups excluding tert-OH is 1. The van der Waals surface area contributed by atoms with Gasteiger partial charge in [-0.3, -0.25) is 9.69 Å². The fraction of sp³-hybridized carbons (Fsp3) is 0.462. The molecule has 0 saturated heterocycles. The van der Waals surface area contributed by atoms with Crippen LogP contribution in [-0.2, 0) is 9.53 Å². The Hall–Kier alpha value is -0.850. The van der Waals surface area contributed by atoms with Gasteiger partial charge in [0.05, 0.1) is 35.0 Å². The number of amides is 1. The Kier molecular flexibility index (Phi) is 7.26. The third kappa shape index (κ3) is 5.64. The third-order valence-corrected chi connectivity index (χ3v) is 3.15. The number of hydrogen-bond donors (Lipinski definition) is 2. The van der Waals surface area contributed by atoms with Gasteiger partial charge in [-0.1, -0.05) is 29.3 Å². The van der Waals surface area contributed by atoms with Crippen molar-refractivity contribution in [1.82, 2.24) is 4.90 Å². The highest BCUT2D eigenvalue weighted by Gasteiger charge is 2.14. The largest absolute Gasteiger partial charge is 0.389 e. The topological polar surface area (TPSA) is 61.8 Å². The van der Waals surface area contributed by atoms with Crippen molar-refractivity contribution in [1.29, 1.82) is 0 Å². The first kappa shape index (κ1) is 17.2. The van der Waals surface area contributed by atoms with Gasteiger partial charge in [0.25, 0.3) is 0 Å². The number of benzene rings is 1. The molecular formula is C13H18Cl2N2O3. The van der Waals surface area contributed by atoms with Crippen molar-refractivity contribution in [2.24, 2.45) is 0 Å². The number of aliphatic hydroxyl groups is 1. The van der Waals surface area contributed by atoms with Crippen LogP contribution in [0.5, 0.6) is 0 Å². The van der Waals surface area contributed by atoms with Crippen molar-refractivity contribution in [3.05, 3.63) is 28.2 Å². The third-order valence-electron chi connectivity index (χ3n) is 2.52. The summed E-state index contributed by atoms with van der Waals surface area (Å²) in [7, 11) is 3.24. The van der Waals surface area contributed by atoms with E-state index in [-0.39, 0.29) is 19.1 Å². The Morgan fingerprint density at radius 2 is 2.05 bits per heavy atom. The van der Waals surface area contributed by atoms with Crippen molar-refractivity contribution in [2.45, 2.75) is 6.10 Å². The van der Waals surface area contributed by atoms with Gasteiger partial charge < -0.3 is 15.2 Å². The van der Waals surface area contributed by atoms with E-state index in [9.17, 15) is 9.90 Å². The molecular weight excluding hydrogens is 303 g/mol. The van der Waals surface area contributed by atoms with Crippen LogP contribution >= 0.6 is 23.2 Å². The van der Waals surface area contributed by atoms with Crippen molar-refractivity contribution in [2.75, 3.05) is 39.2 Å². The molecule has 0 bridgehead atoms. The second-order valence-electron chi connectivity index (χ2n) is 4.45. The number of ether oxygens (including phenoxy) is 1. The summed E-state index contributed by atoms with van der Waals surface area (Å²) in [6.45, 7) is 0.669. The van der Waals surface area contributed by atoms with Gasteiger partial charge in [-0.05, 0) is 19.2 Å². The zero-order valence-electron chi connectivity index (χ0n) is 11.4. The molecule has 2 N–H and O–H groups in total. The Bertz CT molecular complexity index is 437. The van der Waals surface area contributed by atoms with Crippen LogP contribution in [0.1, 0.15) is 0 Å². The number of likely N-dealkylation sites (N-methyl/N-ethyl adjacent to an activating group) is 1. The van der Waals surface area contributed by atoms with Gasteiger partial charge in [0.15, 0.2) is 0 Å². The SMILES string of the molecule is COCC(O)CN(C)CC(=O)Nc1c(Cl)cccc1Cl. The number of methoxy groups -OCH3 is 1. The molecule has 1 amide bonds. The van der Waals surface area contributed by atoms with Gasteiger partial charge in [-0.25, -0.2) is 0 Å². The number of carbonyl (C=O) groups excluding carboxylic acids is 1. The zero-order chi connectivity index (χ0) is 15.1. The average Bonchev–Trinajstić information content (AvgIpc) is 2.34. The van der Waals surface area contributed by atoms with Crippen LogP contribution in [0.2, 0.25) is 10.0 Å². The number of halogens is 2. The summed E-state index contributed by atoms with van der Waals surface area (Å²) >= 11 is 11.9. The molecule has 1 rings (SSSR count). The van der Waals surface area contributed by atoms with E-state index in [0.717, 1.165) is 0 Å². The van der Waals surface area contributed by atoms with Gasteiger partial charge in [0.2, 0.25) is 5.91 Å². The molecule has 0 radical (unpaired) electrons. The minimum Gasteiger partial charge on any atom is -0.389 e. The molecule has 0 fully saturated rings. The Labute approximate surface area is 128 Å². The molecule has 7 heteroatoms. The summed E-state index contributed by atoms with van der Waals surface area (Å²) in [5.41, 5.74) is 0.395. The minimum atomic E-state index is -0.637. The highest BCUT2D eigenvalue weighted by molar-refractivity contribution is 6.39. The predicted molar refractivity (Wildman–Crippen MR) is 80.5 cm³/mol. The van der Waals surface area contributed by atoms with Gasteiger partial charge in [0.1, 0.15) is 0 Å². The predicted octanol–water partition coefficient (Wildman–Crippen LogP) is 1.87. The Balaban J connectivity index is 2.51. The first-order valence-electron chi connectivity index (χ1n) is 6.03. The minimum absolute atomic E-state index is 0.113. The van der Waals surface area contributed by atoms with Gasteiger partial charge in [-0.2, -0.15) is 0 Å². The van der Waals surface area contributed by atoms with Crippen LogP contribution in [0, 0.1) is 0 Å². The van der Waals surface area contributed by atoms with Crippen molar-refractivity contribution >= 4 is 34.8 Å². The van der Waals surface area contributed by atoms with Crippen LogP contribution < -0.4 is 5.32 Å². The number of nitrogens with zero attached hydrogens (tertiary/aromatic N) is 1. The fourth-order valence-electron chi connectivity index (χ4n) is 1.71. The molecule has 0 aliphatic carbocycles. The monoisotopic (exact) mass is 320 g/mol. The first-order valence-corrected chi connectivity index (χ1v) is 6.79. The number of rotatable bonds is 7. The molecule has 0 heterocycles. The quantitative estimate of drug-likeness (QED) is 0.805. The maximum atomic E-state index is 11.9. The molecule has 0 spiro atoms. The Morgan fingerprint density at radius 3 is 2.60 bits per heavy atom. The second kappa shape index (κ2) is 8.44. The summed E-state index contributed by atoms with van der Waals surface area (Å²) < 4.78 is 4.82. The Morgan fingerprint density at radius 1 is 1.45 bits per heavy atom. The van der Waals surface area contributed by atoms with Gasteiger partial charge in [-0.15, -0.1) is 0 Å². The van der Waals surface area contributed by atoms with Crippen molar-refractivity contribution in [3.63, 3.8) is 0 Å². The van der Waals surface area contributed by atoms with E-state index in [0.29, 0.717) is 22.3 Å². The van der Waals surface area contributed by atoms with E-state index >= 15 is 0 Å². The van der Waals surface area contributed by atoms with E-state index in [1.54, 1.807) is 30.1 Å². The van der Waals surface area contributed by atoms with E-state index < -0.39 is 6.10 Å². The summed E-state index contributed by atoms with van der Waals surface area (Å²) in [6, 6.07) is 5.00. The molecule has 112 valence electrons. The lowest BCUT2D eigenvalue weighted by Crippen LogP contribution is -2.37. The molecule has 0 saturated carbocycles. The van der Waals surface area contributed by atoms with Crippen molar-refractivity contribution < 1.29 is 14.6 Å². The highest BCUT2D eigenvalue weighted by Crippen LogP contribution is 2.29. The summed E-state index contributed by atoms with van der Waals surface area (Å²) in [5, 5.41) is 13.0. The highest BCUT2D eigenvalue weighted by atomic mass is 35.5.